The summed E-state index contributed by atoms with van der Waals surface area (Å²) in [4.78, 5) is 4.31. The first-order valence-corrected chi connectivity index (χ1v) is 9.81. The number of benzene rings is 2. The summed E-state index contributed by atoms with van der Waals surface area (Å²) in [5.74, 6) is 1.45. The Morgan fingerprint density at radius 2 is 1.71 bits per heavy atom. The van der Waals surface area contributed by atoms with Crippen molar-refractivity contribution >= 4 is 29.9 Å². The van der Waals surface area contributed by atoms with Gasteiger partial charge < -0.3 is 15.2 Å². The van der Waals surface area contributed by atoms with Gasteiger partial charge in [0.25, 0.3) is 0 Å². The molecule has 0 amide bonds. The summed E-state index contributed by atoms with van der Waals surface area (Å²) >= 11 is 0. The van der Waals surface area contributed by atoms with Crippen LogP contribution in [0.15, 0.2) is 88.6 Å². The molecule has 0 radical (unpaired) electrons. The van der Waals surface area contributed by atoms with E-state index in [0.29, 0.717) is 19.0 Å². The summed E-state index contributed by atoms with van der Waals surface area (Å²) in [6.07, 6.45) is 3.76. The number of aliphatic imine (C=N–C) groups is 1. The molecule has 7 nitrogen and oxygen atoms in total. The highest BCUT2D eigenvalue weighted by molar-refractivity contribution is 14.0. The van der Waals surface area contributed by atoms with Gasteiger partial charge in [0, 0.05) is 37.6 Å². The molecule has 0 bridgehead atoms. The van der Waals surface area contributed by atoms with Crippen LogP contribution in [0.1, 0.15) is 16.8 Å². The van der Waals surface area contributed by atoms with Crippen LogP contribution in [-0.2, 0) is 19.6 Å². The molecule has 31 heavy (non-hydrogen) atoms. The van der Waals surface area contributed by atoms with Gasteiger partial charge in [-0.15, -0.1) is 24.0 Å². The molecule has 8 heteroatoms. The fraction of sp³-hybridized carbons (Fsp3) is 0.174. The van der Waals surface area contributed by atoms with Gasteiger partial charge in [0.15, 0.2) is 11.7 Å². The van der Waals surface area contributed by atoms with Gasteiger partial charge in [0.2, 0.25) is 0 Å². The first kappa shape index (κ1) is 22.5. The van der Waals surface area contributed by atoms with Gasteiger partial charge >= 0.3 is 0 Å². The Morgan fingerprint density at radius 3 is 2.45 bits per heavy atom. The van der Waals surface area contributed by atoms with E-state index in [1.54, 1.807) is 13.2 Å². The van der Waals surface area contributed by atoms with Gasteiger partial charge in [-0.2, -0.15) is 5.10 Å². The predicted molar refractivity (Wildman–Crippen MR) is 132 cm³/mol. The lowest BCUT2D eigenvalue weighted by molar-refractivity contribution is 0.422. The number of nitrogens with one attached hydrogen (secondary N) is 2. The van der Waals surface area contributed by atoms with Crippen LogP contribution in [0.25, 0.3) is 11.3 Å². The van der Waals surface area contributed by atoms with E-state index in [9.17, 15) is 0 Å². The predicted octanol–water partition coefficient (Wildman–Crippen LogP) is 4.07. The third-order valence-electron chi connectivity index (χ3n) is 4.73. The summed E-state index contributed by atoms with van der Waals surface area (Å²) in [6.45, 7) is 1.91. The van der Waals surface area contributed by atoms with Crippen LogP contribution >= 0.6 is 24.0 Å². The topological polar surface area (TPSA) is 80.3 Å². The fourth-order valence-corrected chi connectivity index (χ4v) is 3.16. The number of guanidine groups is 1. The standard InChI is InChI=1S/C23H24N6O.HI/c1-24-23(26-16-21-14-22(30-28-21)18-8-3-2-4-9-18)25-15-19-10-5-6-11-20(19)17-29-13-7-12-27-29;/h2-14H,15-17H2,1H3,(H2,24,25,26);1H. The molecule has 0 atom stereocenters. The van der Waals surface area contributed by atoms with Crippen LogP contribution in [-0.4, -0.2) is 27.9 Å². The monoisotopic (exact) mass is 528 g/mol. The lowest BCUT2D eigenvalue weighted by atomic mass is 10.1. The highest BCUT2D eigenvalue weighted by Gasteiger charge is 2.08. The van der Waals surface area contributed by atoms with Crippen molar-refractivity contribution in [3.05, 3.63) is 95.9 Å². The smallest absolute Gasteiger partial charge is 0.191 e. The number of halogens is 1. The summed E-state index contributed by atoms with van der Waals surface area (Å²) in [5, 5.41) is 15.1. The normalized spacial score (nSPS) is 11.1. The fourth-order valence-electron chi connectivity index (χ4n) is 3.16. The zero-order valence-electron chi connectivity index (χ0n) is 17.2. The molecule has 0 saturated carbocycles. The molecule has 2 aromatic heterocycles. The second-order valence-electron chi connectivity index (χ2n) is 6.80. The van der Waals surface area contributed by atoms with Crippen molar-refractivity contribution in [2.24, 2.45) is 4.99 Å². The summed E-state index contributed by atoms with van der Waals surface area (Å²) in [5.41, 5.74) is 4.24. The first-order valence-electron chi connectivity index (χ1n) is 9.81. The van der Waals surface area contributed by atoms with E-state index in [4.69, 9.17) is 4.52 Å². The molecule has 0 aliphatic rings. The maximum absolute atomic E-state index is 5.45. The van der Waals surface area contributed by atoms with E-state index in [1.165, 1.54) is 11.1 Å². The highest BCUT2D eigenvalue weighted by Crippen LogP contribution is 2.19. The molecule has 160 valence electrons. The van der Waals surface area contributed by atoms with Crippen molar-refractivity contribution in [2.45, 2.75) is 19.6 Å². The Kier molecular flexibility index (Phi) is 8.22. The van der Waals surface area contributed by atoms with E-state index in [1.807, 2.05) is 65.5 Å². The van der Waals surface area contributed by atoms with Gasteiger partial charge in [-0.05, 0) is 17.2 Å². The number of aromatic nitrogens is 3. The minimum atomic E-state index is 0. The lowest BCUT2D eigenvalue weighted by Gasteiger charge is -2.14. The summed E-state index contributed by atoms with van der Waals surface area (Å²) in [6, 6.07) is 22.1. The molecule has 0 aliphatic carbocycles. The Hall–Kier alpha value is -3.14. The maximum atomic E-state index is 5.45. The van der Waals surface area contributed by atoms with Gasteiger partial charge in [-0.25, -0.2) is 0 Å². The third kappa shape index (κ3) is 6.17. The summed E-state index contributed by atoms with van der Waals surface area (Å²) < 4.78 is 7.37. The quantitative estimate of drug-likeness (QED) is 0.215. The third-order valence-corrected chi connectivity index (χ3v) is 4.73. The van der Waals surface area contributed by atoms with E-state index in [-0.39, 0.29) is 24.0 Å². The SMILES string of the molecule is CN=C(NCc1cc(-c2ccccc2)on1)NCc1ccccc1Cn1cccn1.I. The van der Waals surface area contributed by atoms with Crippen molar-refractivity contribution in [2.75, 3.05) is 7.05 Å². The average molecular weight is 528 g/mol. The molecule has 0 saturated heterocycles. The Labute approximate surface area is 198 Å². The van der Waals surface area contributed by atoms with Gasteiger partial charge in [0.05, 0.1) is 13.1 Å². The Morgan fingerprint density at radius 1 is 0.968 bits per heavy atom. The van der Waals surface area contributed by atoms with Gasteiger partial charge in [-0.3, -0.25) is 9.67 Å². The maximum Gasteiger partial charge on any atom is 0.191 e. The molecule has 2 N–H and O–H groups in total. The Balaban J connectivity index is 0.00000272. The molecular weight excluding hydrogens is 503 g/mol. The highest BCUT2D eigenvalue weighted by atomic mass is 127. The first-order chi connectivity index (χ1) is 14.8. The van der Waals surface area contributed by atoms with Crippen molar-refractivity contribution in [1.82, 2.24) is 25.6 Å². The minimum Gasteiger partial charge on any atom is -0.356 e. The van der Waals surface area contributed by atoms with Crippen LogP contribution < -0.4 is 10.6 Å². The molecule has 0 unspecified atom stereocenters. The minimum absolute atomic E-state index is 0. The summed E-state index contributed by atoms with van der Waals surface area (Å²) in [7, 11) is 1.75. The number of hydrogen-bond acceptors (Lipinski definition) is 4. The van der Waals surface area contributed by atoms with Crippen LogP contribution in [0.4, 0.5) is 0 Å². The van der Waals surface area contributed by atoms with E-state index < -0.39 is 0 Å². The van der Waals surface area contributed by atoms with Gasteiger partial charge in [0.1, 0.15) is 5.69 Å². The molecule has 2 heterocycles. The van der Waals surface area contributed by atoms with Crippen LogP contribution in [0.2, 0.25) is 0 Å². The van der Waals surface area contributed by atoms with Crippen molar-refractivity contribution < 1.29 is 4.52 Å². The molecule has 4 rings (SSSR count). The molecule has 2 aromatic carbocycles. The molecule has 4 aromatic rings. The van der Waals surface area contributed by atoms with Crippen molar-refractivity contribution in [3.63, 3.8) is 0 Å². The second-order valence-corrected chi connectivity index (χ2v) is 6.80. The average Bonchev–Trinajstić information content (AvgIpc) is 3.48. The van der Waals surface area contributed by atoms with Crippen LogP contribution in [0.5, 0.6) is 0 Å². The number of hydrogen-bond donors (Lipinski definition) is 2. The van der Waals surface area contributed by atoms with Crippen molar-refractivity contribution in [1.29, 1.82) is 0 Å². The van der Waals surface area contributed by atoms with Crippen molar-refractivity contribution in [3.8, 4) is 11.3 Å². The largest absolute Gasteiger partial charge is 0.356 e. The van der Waals surface area contributed by atoms with E-state index in [0.717, 1.165) is 23.6 Å². The molecule has 0 fully saturated rings. The lowest BCUT2D eigenvalue weighted by Crippen LogP contribution is -2.36. The van der Waals surface area contributed by atoms with Crippen LogP contribution in [0, 0.1) is 0 Å². The molecule has 0 aliphatic heterocycles. The van der Waals surface area contributed by atoms with E-state index >= 15 is 0 Å². The van der Waals surface area contributed by atoms with Crippen LogP contribution in [0.3, 0.4) is 0 Å². The Bertz CT molecular complexity index is 1090. The number of nitrogens with zero attached hydrogens (tertiary/aromatic N) is 4. The molecule has 0 spiro atoms. The molecular formula is C23H25IN6O. The van der Waals surface area contributed by atoms with E-state index in [2.05, 4.69) is 38.0 Å². The zero-order chi connectivity index (χ0) is 20.6. The number of rotatable bonds is 7. The zero-order valence-corrected chi connectivity index (χ0v) is 19.6. The van der Waals surface area contributed by atoms with Gasteiger partial charge in [-0.1, -0.05) is 59.8 Å². The second kappa shape index (κ2) is 11.3.